The summed E-state index contributed by atoms with van der Waals surface area (Å²) in [7, 11) is 0. The summed E-state index contributed by atoms with van der Waals surface area (Å²) in [5.41, 5.74) is -0.327. The van der Waals surface area contributed by atoms with E-state index in [1.165, 1.54) is 4.90 Å². The molecule has 4 atom stereocenters. The molecule has 2 fully saturated rings. The summed E-state index contributed by atoms with van der Waals surface area (Å²) in [6, 6.07) is -2.43. The standard InChI is InChI=1S/C23H36F3N3O6/c1-13(2)9-17(30)21(34)29-8-6-22(3,4)11-16(29)20(33)28-15(10-14-5-7-27-19(14)32)18(31)12-35-23(24,25)26/h13-17,30H,5-12H2,1-4H3,(H,27,32)(H,28,33)/t14-,15-,16-,17+/m0/s1. The predicted octanol–water partition coefficient (Wildman–Crippen LogP) is 1.53. The number of aliphatic hydroxyl groups excluding tert-OH is 1. The molecule has 3 amide bonds. The minimum atomic E-state index is -5.03. The van der Waals surface area contributed by atoms with Gasteiger partial charge in [-0.2, -0.15) is 0 Å². The molecule has 0 saturated carbocycles. The van der Waals surface area contributed by atoms with Gasteiger partial charge in [0.1, 0.15) is 18.8 Å². The summed E-state index contributed by atoms with van der Waals surface area (Å²) in [4.78, 5) is 52.1. The second-order valence-electron chi connectivity index (χ2n) is 10.6. The van der Waals surface area contributed by atoms with Crippen LogP contribution in [0.4, 0.5) is 13.2 Å². The molecule has 200 valence electrons. The smallest absolute Gasteiger partial charge is 0.383 e. The number of Topliss-reactive ketones (excluding diaryl/α,β-unsaturated/α-hetero) is 1. The molecule has 0 spiro atoms. The molecule has 0 bridgehead atoms. The highest BCUT2D eigenvalue weighted by Gasteiger charge is 2.43. The van der Waals surface area contributed by atoms with Crippen molar-refractivity contribution in [2.75, 3.05) is 19.7 Å². The van der Waals surface area contributed by atoms with Crippen LogP contribution in [0.3, 0.4) is 0 Å². The number of nitrogens with one attached hydrogen (secondary N) is 2. The molecular formula is C23H36F3N3O6. The zero-order valence-corrected chi connectivity index (χ0v) is 20.6. The number of ether oxygens (including phenoxy) is 1. The van der Waals surface area contributed by atoms with Crippen LogP contribution in [-0.2, 0) is 23.9 Å². The SMILES string of the molecule is CC(C)C[C@@H](O)C(=O)N1CCC(C)(C)C[C@H]1C(=O)N[C@@H](C[C@@H]1CCNC1=O)C(=O)COC(F)(F)F. The summed E-state index contributed by atoms with van der Waals surface area (Å²) in [6.45, 7) is 6.79. The molecule has 35 heavy (non-hydrogen) atoms. The largest absolute Gasteiger partial charge is 0.522 e. The monoisotopic (exact) mass is 507 g/mol. The van der Waals surface area contributed by atoms with Gasteiger partial charge in [0, 0.05) is 19.0 Å². The number of carbonyl (C=O) groups excluding carboxylic acids is 4. The number of nitrogens with zero attached hydrogens (tertiary/aromatic N) is 1. The maximum atomic E-state index is 13.3. The zero-order valence-electron chi connectivity index (χ0n) is 20.6. The van der Waals surface area contributed by atoms with Crippen molar-refractivity contribution in [1.29, 1.82) is 0 Å². The van der Waals surface area contributed by atoms with Crippen LogP contribution in [-0.4, -0.2) is 77.8 Å². The average Bonchev–Trinajstić information content (AvgIpc) is 3.13. The van der Waals surface area contributed by atoms with Gasteiger partial charge in [0.15, 0.2) is 5.78 Å². The molecule has 0 aromatic carbocycles. The number of halogens is 3. The number of piperidine rings is 1. The number of likely N-dealkylation sites (tertiary alicyclic amines) is 1. The highest BCUT2D eigenvalue weighted by molar-refractivity contribution is 5.94. The Bertz CT molecular complexity index is 802. The Labute approximate surface area is 203 Å². The topological polar surface area (TPSA) is 125 Å². The summed E-state index contributed by atoms with van der Waals surface area (Å²) in [5, 5.41) is 15.4. The van der Waals surface area contributed by atoms with Gasteiger partial charge < -0.3 is 20.6 Å². The molecule has 12 heteroatoms. The van der Waals surface area contributed by atoms with Crippen LogP contribution in [0.5, 0.6) is 0 Å². The molecule has 2 aliphatic rings. The second-order valence-corrected chi connectivity index (χ2v) is 10.6. The Morgan fingerprint density at radius 1 is 1.29 bits per heavy atom. The Balaban J connectivity index is 2.22. The van der Waals surface area contributed by atoms with Gasteiger partial charge in [-0.25, -0.2) is 0 Å². The molecule has 0 aromatic heterocycles. The van der Waals surface area contributed by atoms with E-state index in [-0.39, 0.29) is 43.0 Å². The molecule has 0 aromatic rings. The van der Waals surface area contributed by atoms with Gasteiger partial charge in [0.25, 0.3) is 5.91 Å². The van der Waals surface area contributed by atoms with Crippen LogP contribution in [0.2, 0.25) is 0 Å². The van der Waals surface area contributed by atoms with Crippen molar-refractivity contribution >= 4 is 23.5 Å². The fraction of sp³-hybridized carbons (Fsp3) is 0.826. The van der Waals surface area contributed by atoms with Gasteiger partial charge in [0.05, 0.1) is 6.04 Å². The normalized spacial score (nSPS) is 24.1. The third kappa shape index (κ3) is 8.75. The molecule has 2 rings (SSSR count). The molecule has 3 N–H and O–H groups in total. The van der Waals surface area contributed by atoms with Gasteiger partial charge in [-0.05, 0) is 43.4 Å². The van der Waals surface area contributed by atoms with Gasteiger partial charge in [-0.1, -0.05) is 27.7 Å². The van der Waals surface area contributed by atoms with Crippen LogP contribution in [0, 0.1) is 17.3 Å². The molecule has 0 unspecified atom stereocenters. The molecule has 0 radical (unpaired) electrons. The highest BCUT2D eigenvalue weighted by Crippen LogP contribution is 2.34. The van der Waals surface area contributed by atoms with Crippen LogP contribution >= 0.6 is 0 Å². The molecular weight excluding hydrogens is 471 g/mol. The number of aliphatic hydroxyl groups is 1. The quantitative estimate of drug-likeness (QED) is 0.412. The van der Waals surface area contributed by atoms with Crippen molar-refractivity contribution < 1.29 is 42.2 Å². The minimum absolute atomic E-state index is 0.0376. The van der Waals surface area contributed by atoms with Gasteiger partial charge in [-0.15, -0.1) is 13.2 Å². The van der Waals surface area contributed by atoms with Crippen molar-refractivity contribution in [2.45, 2.75) is 84.3 Å². The lowest BCUT2D eigenvalue weighted by Crippen LogP contribution is -2.59. The lowest BCUT2D eigenvalue weighted by atomic mass is 9.78. The summed E-state index contributed by atoms with van der Waals surface area (Å²) >= 11 is 0. The third-order valence-corrected chi connectivity index (χ3v) is 6.48. The van der Waals surface area contributed by atoms with Crippen LogP contribution in [0.15, 0.2) is 0 Å². The van der Waals surface area contributed by atoms with Crippen molar-refractivity contribution in [3.05, 3.63) is 0 Å². The Hall–Kier alpha value is -2.21. The first-order valence-electron chi connectivity index (χ1n) is 11.9. The van der Waals surface area contributed by atoms with E-state index in [0.717, 1.165) is 0 Å². The van der Waals surface area contributed by atoms with Crippen LogP contribution < -0.4 is 10.6 Å². The number of hydrogen-bond acceptors (Lipinski definition) is 6. The van der Waals surface area contributed by atoms with Crippen LogP contribution in [0.25, 0.3) is 0 Å². The lowest BCUT2D eigenvalue weighted by molar-refractivity contribution is -0.321. The number of amides is 3. The van der Waals surface area contributed by atoms with E-state index >= 15 is 0 Å². The van der Waals surface area contributed by atoms with E-state index in [1.54, 1.807) is 0 Å². The maximum Gasteiger partial charge on any atom is 0.522 e. The van der Waals surface area contributed by atoms with E-state index in [2.05, 4.69) is 15.4 Å². The lowest BCUT2D eigenvalue weighted by Gasteiger charge is -2.43. The predicted molar refractivity (Wildman–Crippen MR) is 119 cm³/mol. The fourth-order valence-corrected chi connectivity index (χ4v) is 4.50. The average molecular weight is 508 g/mol. The van der Waals surface area contributed by atoms with Crippen molar-refractivity contribution in [3.63, 3.8) is 0 Å². The van der Waals surface area contributed by atoms with E-state index in [1.807, 2.05) is 27.7 Å². The molecule has 2 heterocycles. The summed E-state index contributed by atoms with van der Waals surface area (Å²) < 4.78 is 41.1. The third-order valence-electron chi connectivity index (χ3n) is 6.48. The Morgan fingerprint density at radius 2 is 1.94 bits per heavy atom. The van der Waals surface area contributed by atoms with Gasteiger partial charge in [0.2, 0.25) is 11.8 Å². The number of ketones is 1. The Kier molecular flexibility index (Phi) is 9.69. The van der Waals surface area contributed by atoms with E-state index < -0.39 is 54.7 Å². The molecule has 9 nitrogen and oxygen atoms in total. The first kappa shape index (κ1) is 29.0. The van der Waals surface area contributed by atoms with Gasteiger partial charge >= 0.3 is 6.36 Å². The summed E-state index contributed by atoms with van der Waals surface area (Å²) in [6.07, 6.45) is -5.10. The molecule has 0 aliphatic carbocycles. The fourth-order valence-electron chi connectivity index (χ4n) is 4.50. The van der Waals surface area contributed by atoms with Crippen molar-refractivity contribution in [2.24, 2.45) is 17.3 Å². The second kappa shape index (κ2) is 11.7. The van der Waals surface area contributed by atoms with Crippen LogP contribution in [0.1, 0.15) is 59.8 Å². The van der Waals surface area contributed by atoms with E-state index in [9.17, 15) is 37.5 Å². The maximum absolute atomic E-state index is 13.3. The van der Waals surface area contributed by atoms with E-state index in [4.69, 9.17) is 0 Å². The number of hydrogen-bond donors (Lipinski definition) is 3. The number of rotatable bonds is 10. The van der Waals surface area contributed by atoms with E-state index in [0.29, 0.717) is 19.4 Å². The molecule has 2 saturated heterocycles. The first-order valence-corrected chi connectivity index (χ1v) is 11.9. The highest BCUT2D eigenvalue weighted by atomic mass is 19.4. The zero-order chi connectivity index (χ0) is 26.6. The minimum Gasteiger partial charge on any atom is -0.383 e. The van der Waals surface area contributed by atoms with Crippen molar-refractivity contribution in [1.82, 2.24) is 15.5 Å². The Morgan fingerprint density at radius 3 is 2.49 bits per heavy atom. The van der Waals surface area contributed by atoms with Crippen molar-refractivity contribution in [3.8, 4) is 0 Å². The summed E-state index contributed by atoms with van der Waals surface area (Å²) in [5.74, 6) is -3.30. The number of carbonyl (C=O) groups is 4. The molecule has 2 aliphatic heterocycles. The van der Waals surface area contributed by atoms with Gasteiger partial charge in [-0.3, -0.25) is 23.9 Å². The number of alkyl halides is 3. The first-order chi connectivity index (χ1) is 16.1.